The maximum atomic E-state index is 13.7. The number of halogens is 3. The van der Waals surface area contributed by atoms with E-state index in [4.69, 9.17) is 0 Å². The van der Waals surface area contributed by atoms with Gasteiger partial charge in [0, 0.05) is 44.2 Å². The van der Waals surface area contributed by atoms with Crippen LogP contribution in [0.3, 0.4) is 0 Å². The molecule has 2 aromatic rings. The second kappa shape index (κ2) is 15.7. The average molecular weight is 738 g/mol. The first-order chi connectivity index (χ1) is 18.3. The Bertz CT molecular complexity index is 1160. The molecule has 0 bridgehead atoms. The van der Waals surface area contributed by atoms with Gasteiger partial charge >= 0.3 is 6.18 Å². The van der Waals surface area contributed by atoms with Crippen LogP contribution in [-0.2, 0) is 31.1 Å². The van der Waals surface area contributed by atoms with Gasteiger partial charge in [-0.1, -0.05) is 79.1 Å². The number of hydrogen-bond acceptors (Lipinski definition) is 4. The van der Waals surface area contributed by atoms with Crippen LogP contribution in [-0.4, -0.2) is 17.2 Å². The van der Waals surface area contributed by atoms with Gasteiger partial charge in [0.1, 0.15) is 0 Å². The first-order valence-corrected chi connectivity index (χ1v) is 13.7. The second-order valence-electron chi connectivity index (χ2n) is 10.9. The summed E-state index contributed by atoms with van der Waals surface area (Å²) in [5.74, 6) is 0.547. The van der Waals surface area contributed by atoms with Gasteiger partial charge < -0.3 is 20.7 Å². The summed E-state index contributed by atoms with van der Waals surface area (Å²) in [6, 6.07) is 8.21. The number of aliphatic imine (C=N–C) groups is 1. The number of carbonyl (C=O) groups is 1. The van der Waals surface area contributed by atoms with Crippen LogP contribution < -0.4 is 5.32 Å². The fourth-order valence-corrected chi connectivity index (χ4v) is 4.47. The van der Waals surface area contributed by atoms with Crippen molar-refractivity contribution in [2.75, 3.05) is 0 Å². The summed E-state index contributed by atoms with van der Waals surface area (Å²) in [6.07, 6.45) is 1.03. The molecule has 0 spiro atoms. The van der Waals surface area contributed by atoms with E-state index in [1.54, 1.807) is 24.3 Å². The molecule has 1 aliphatic heterocycles. The molecule has 0 aromatic heterocycles. The molecule has 1 radical (unpaired) electrons. The van der Waals surface area contributed by atoms with Gasteiger partial charge in [-0.3, -0.25) is 11.3 Å². The van der Waals surface area contributed by atoms with Crippen molar-refractivity contribution in [2.45, 2.75) is 86.5 Å². The molecule has 0 fully saturated rings. The molecule has 0 aliphatic carbocycles. The van der Waals surface area contributed by atoms with E-state index < -0.39 is 17.9 Å². The molecule has 40 heavy (non-hydrogen) atoms. The summed E-state index contributed by atoms with van der Waals surface area (Å²) >= 11 is 0. The van der Waals surface area contributed by atoms with E-state index in [0.29, 0.717) is 10.9 Å². The number of aliphatic hydroxyl groups excluding tert-OH is 1. The molecular weight excluding hydrogens is 696 g/mol. The first-order valence-electron chi connectivity index (χ1n) is 13.7. The van der Waals surface area contributed by atoms with Crippen LogP contribution in [0.5, 0.6) is 0 Å². The standard InChI is InChI=1S/C18H18F3N3.C13H24O2.Ir/c1-17(2,3)9-22-16-13-8-11-6-4-5-7-12(11)14(18(19,20)21)15(13)23-10-24-16;1-5-10(6-2)12(14)9-13(15)11(7-3)8-4;/h4-10,16,22H,1-3H3;9-11,14H,5-8H2,1-4H3;/q-2;;/b;12-9-;. The Labute approximate surface area is 250 Å². The van der Waals surface area contributed by atoms with E-state index >= 15 is 0 Å². The van der Waals surface area contributed by atoms with Crippen molar-refractivity contribution < 1.29 is 43.2 Å². The number of carbonyl (C=O) groups excluding carboxylic acids is 1. The Morgan fingerprint density at radius 2 is 1.65 bits per heavy atom. The molecular formula is C31H42F3IrN3O2-2. The Balaban J connectivity index is 0.000000437. The summed E-state index contributed by atoms with van der Waals surface area (Å²) in [7, 11) is 0. The Morgan fingerprint density at radius 1 is 1.07 bits per heavy atom. The molecule has 3 rings (SSSR count). The molecule has 1 unspecified atom stereocenters. The Morgan fingerprint density at radius 3 is 2.17 bits per heavy atom. The van der Waals surface area contributed by atoms with Crippen LogP contribution in [0.15, 0.2) is 47.2 Å². The maximum Gasteiger partial charge on any atom is 0.417 e. The minimum Gasteiger partial charge on any atom is -0.512 e. The van der Waals surface area contributed by atoms with Crippen molar-refractivity contribution >= 4 is 28.6 Å². The zero-order valence-electron chi connectivity index (χ0n) is 24.4. The van der Waals surface area contributed by atoms with Gasteiger partial charge in [-0.05, 0) is 53.8 Å². The van der Waals surface area contributed by atoms with Crippen LogP contribution in [0, 0.1) is 23.8 Å². The van der Waals surface area contributed by atoms with Crippen molar-refractivity contribution in [1.82, 2.24) is 5.32 Å². The third kappa shape index (κ3) is 9.70. The van der Waals surface area contributed by atoms with E-state index in [2.05, 4.69) is 15.6 Å². The van der Waals surface area contributed by atoms with Crippen molar-refractivity contribution in [1.29, 1.82) is 0 Å². The topological polar surface area (TPSA) is 75.8 Å². The number of fused-ring (bicyclic) bond motifs is 2. The van der Waals surface area contributed by atoms with Crippen molar-refractivity contribution in [3.05, 3.63) is 65.2 Å². The van der Waals surface area contributed by atoms with Crippen LogP contribution >= 0.6 is 0 Å². The van der Waals surface area contributed by atoms with Crippen molar-refractivity contribution in [3.8, 4) is 0 Å². The number of allylic oxidation sites excluding steroid dienone is 2. The molecule has 9 heteroatoms. The molecule has 2 N–H and O–H groups in total. The average Bonchev–Trinajstić information content (AvgIpc) is 2.86. The number of rotatable bonds is 9. The molecule has 225 valence electrons. The largest absolute Gasteiger partial charge is 0.512 e. The third-order valence-electron chi connectivity index (χ3n) is 6.79. The first kappa shape index (κ1) is 35.8. The van der Waals surface area contributed by atoms with Gasteiger partial charge in [-0.2, -0.15) is 18.6 Å². The molecule has 1 atom stereocenters. The minimum atomic E-state index is -4.49. The van der Waals surface area contributed by atoms with Gasteiger partial charge in [-0.25, -0.2) is 0 Å². The molecule has 0 saturated heterocycles. The predicted octanol–water partition coefficient (Wildman–Crippen LogP) is 9.57. The smallest absolute Gasteiger partial charge is 0.417 e. The molecule has 5 nitrogen and oxygen atoms in total. The summed E-state index contributed by atoms with van der Waals surface area (Å²) in [6.45, 7) is 15.9. The Kier molecular flexibility index (Phi) is 14.0. The molecule has 1 heterocycles. The SMILES string of the molecule is CC(C)(C)[CH-]NC1[N-]C=Nc2c1cc1ccccc1c2C(F)(F)F.CCC(CC)C(=O)/C=C(\O)C(CC)CC.[Ir]. The van der Waals surface area contributed by atoms with Crippen molar-refractivity contribution in [3.63, 3.8) is 0 Å². The van der Waals surface area contributed by atoms with Crippen LogP contribution in [0.4, 0.5) is 18.9 Å². The predicted molar refractivity (Wildman–Crippen MR) is 154 cm³/mol. The van der Waals surface area contributed by atoms with Gasteiger partial charge in [0.15, 0.2) is 5.78 Å². The zero-order chi connectivity index (χ0) is 29.4. The fraction of sp³-hybridized carbons (Fsp3) is 0.516. The van der Waals surface area contributed by atoms with Gasteiger partial charge in [0.2, 0.25) is 0 Å². The van der Waals surface area contributed by atoms with E-state index in [9.17, 15) is 23.1 Å². The molecule has 1 aliphatic rings. The second-order valence-corrected chi connectivity index (χ2v) is 10.9. The number of nitrogens with one attached hydrogen (secondary N) is 1. The Hall–Kier alpha value is -2.22. The number of hydrogen-bond donors (Lipinski definition) is 2. The number of ketones is 1. The zero-order valence-corrected chi connectivity index (χ0v) is 26.8. The number of aliphatic hydroxyl groups is 1. The number of alkyl halides is 3. The summed E-state index contributed by atoms with van der Waals surface area (Å²) in [5.41, 5.74) is -0.460. The third-order valence-corrected chi connectivity index (χ3v) is 6.79. The summed E-state index contributed by atoms with van der Waals surface area (Å²) in [4.78, 5) is 15.7. The monoisotopic (exact) mass is 738 g/mol. The van der Waals surface area contributed by atoms with Crippen LogP contribution in [0.1, 0.15) is 91.4 Å². The van der Waals surface area contributed by atoms with E-state index in [1.165, 1.54) is 18.5 Å². The molecule has 2 aromatic carbocycles. The molecule has 0 amide bonds. The summed E-state index contributed by atoms with van der Waals surface area (Å²) < 4.78 is 41.0. The van der Waals surface area contributed by atoms with Crippen LogP contribution in [0.25, 0.3) is 16.1 Å². The van der Waals surface area contributed by atoms with Gasteiger partial charge in [0.25, 0.3) is 0 Å². The molecule has 0 saturated carbocycles. The summed E-state index contributed by atoms with van der Waals surface area (Å²) in [5, 5.41) is 17.8. The number of benzene rings is 2. The fourth-order valence-electron chi connectivity index (χ4n) is 4.47. The minimum absolute atomic E-state index is 0. The van der Waals surface area contributed by atoms with Gasteiger partial charge in [-0.15, -0.1) is 0 Å². The maximum absolute atomic E-state index is 13.7. The normalized spacial score (nSPS) is 15.3. The van der Waals surface area contributed by atoms with Crippen molar-refractivity contribution in [2.24, 2.45) is 22.2 Å². The quantitative estimate of drug-likeness (QED) is 0.153. The van der Waals surface area contributed by atoms with E-state index in [-0.39, 0.29) is 60.0 Å². The van der Waals surface area contributed by atoms with Gasteiger partial charge in [0.05, 0.1) is 11.3 Å². The van der Waals surface area contributed by atoms with Crippen LogP contribution in [0.2, 0.25) is 0 Å². The number of nitrogens with zero attached hydrogens (tertiary/aromatic N) is 2. The van der Waals surface area contributed by atoms with E-state index in [1.807, 2.05) is 55.0 Å². The van der Waals surface area contributed by atoms with E-state index in [0.717, 1.165) is 25.7 Å².